The van der Waals surface area contributed by atoms with Crippen LogP contribution in [0.25, 0.3) is 0 Å². The molecule has 2 bridgehead atoms. The van der Waals surface area contributed by atoms with Gasteiger partial charge in [0.1, 0.15) is 11.1 Å². The van der Waals surface area contributed by atoms with Crippen LogP contribution < -0.4 is 0 Å². The van der Waals surface area contributed by atoms with Crippen molar-refractivity contribution in [3.05, 3.63) is 0 Å². The SMILES string of the molecule is COC(=O)C12CCC(CO[Si](C)(C)C(C)(C)C)(CC1)N2C(=O)OC(C)(C)C. The Morgan fingerprint density at radius 3 is 1.93 bits per heavy atom. The second-order valence-corrected chi connectivity index (χ2v) is 15.4. The highest BCUT2D eigenvalue weighted by Gasteiger charge is 2.67. The molecule has 2 aliphatic heterocycles. The summed E-state index contributed by atoms with van der Waals surface area (Å²) in [6, 6.07) is 0. The van der Waals surface area contributed by atoms with Crippen LogP contribution in [0.2, 0.25) is 18.1 Å². The molecule has 2 heterocycles. The minimum Gasteiger partial charge on any atom is -0.467 e. The van der Waals surface area contributed by atoms with Crippen molar-refractivity contribution in [3.8, 4) is 0 Å². The summed E-state index contributed by atoms with van der Waals surface area (Å²) in [5, 5.41) is 0.0804. The first-order valence-corrected chi connectivity index (χ1v) is 12.8. The first kappa shape index (κ1) is 22.2. The number of carbonyl (C=O) groups is 2. The zero-order chi connectivity index (χ0) is 20.9. The molecular formula is C20H37NO5Si. The molecular weight excluding hydrogens is 362 g/mol. The largest absolute Gasteiger partial charge is 0.467 e. The molecule has 7 heteroatoms. The van der Waals surface area contributed by atoms with E-state index in [-0.39, 0.29) is 11.0 Å². The molecule has 156 valence electrons. The quantitative estimate of drug-likeness (QED) is 0.515. The standard InChI is InChI=1S/C20H37NO5Si/c1-17(2,3)26-16(23)21-19(14-25-27(8,9)18(4,5)6)10-12-20(21,13-11-19)15(22)24-7/h10-14H2,1-9H3. The summed E-state index contributed by atoms with van der Waals surface area (Å²) in [5.41, 5.74) is -2.04. The van der Waals surface area contributed by atoms with Crippen molar-refractivity contribution in [3.63, 3.8) is 0 Å². The number of amides is 1. The monoisotopic (exact) mass is 399 g/mol. The van der Waals surface area contributed by atoms with E-state index in [1.807, 2.05) is 20.8 Å². The molecule has 0 N–H and O–H groups in total. The van der Waals surface area contributed by atoms with Gasteiger partial charge in [0.2, 0.25) is 0 Å². The Bertz CT molecular complexity index is 594. The van der Waals surface area contributed by atoms with E-state index in [1.165, 1.54) is 7.11 Å². The molecule has 0 aromatic rings. The fraction of sp³-hybridized carbons (Fsp3) is 0.900. The fourth-order valence-corrected chi connectivity index (χ4v) is 4.99. The van der Waals surface area contributed by atoms with Crippen LogP contribution in [-0.4, -0.2) is 55.7 Å². The van der Waals surface area contributed by atoms with Gasteiger partial charge in [-0.1, -0.05) is 20.8 Å². The van der Waals surface area contributed by atoms with Crippen LogP contribution in [0.5, 0.6) is 0 Å². The summed E-state index contributed by atoms with van der Waals surface area (Å²) in [6.45, 7) is 17.0. The van der Waals surface area contributed by atoms with Crippen LogP contribution in [-0.2, 0) is 18.7 Å². The maximum atomic E-state index is 13.1. The molecule has 0 atom stereocenters. The van der Waals surface area contributed by atoms with Crippen molar-refractivity contribution in [2.24, 2.45) is 0 Å². The minimum absolute atomic E-state index is 0.0804. The molecule has 0 radical (unpaired) electrons. The second kappa shape index (κ2) is 6.76. The van der Waals surface area contributed by atoms with Gasteiger partial charge in [-0.3, -0.25) is 4.90 Å². The van der Waals surface area contributed by atoms with Gasteiger partial charge in [-0.25, -0.2) is 9.59 Å². The molecule has 0 unspecified atom stereocenters. The summed E-state index contributed by atoms with van der Waals surface area (Å²) in [4.78, 5) is 27.5. The van der Waals surface area contributed by atoms with Gasteiger partial charge >= 0.3 is 12.1 Å². The molecule has 0 spiro atoms. The van der Waals surface area contributed by atoms with E-state index < -0.39 is 31.1 Å². The van der Waals surface area contributed by atoms with Crippen LogP contribution in [0.4, 0.5) is 4.79 Å². The van der Waals surface area contributed by atoms with Crippen LogP contribution in [0, 0.1) is 0 Å². The molecule has 2 rings (SSSR count). The minimum atomic E-state index is -1.98. The fourth-order valence-electron chi connectivity index (χ4n) is 3.93. The summed E-state index contributed by atoms with van der Waals surface area (Å²) in [6.07, 6.45) is 2.22. The lowest BCUT2D eigenvalue weighted by molar-refractivity contribution is -0.153. The molecule has 0 aromatic heterocycles. The lowest BCUT2D eigenvalue weighted by Crippen LogP contribution is -2.58. The van der Waals surface area contributed by atoms with Crippen LogP contribution in [0.15, 0.2) is 0 Å². The summed E-state index contributed by atoms with van der Waals surface area (Å²) in [5.74, 6) is -0.347. The predicted molar refractivity (Wildman–Crippen MR) is 107 cm³/mol. The number of esters is 1. The van der Waals surface area contributed by atoms with Gasteiger partial charge in [-0.2, -0.15) is 0 Å². The average Bonchev–Trinajstić information content (AvgIpc) is 3.02. The van der Waals surface area contributed by atoms with E-state index in [9.17, 15) is 9.59 Å². The van der Waals surface area contributed by atoms with E-state index >= 15 is 0 Å². The number of nitrogens with zero attached hydrogens (tertiary/aromatic N) is 1. The zero-order valence-corrected chi connectivity index (χ0v) is 19.5. The normalized spacial score (nSPS) is 28.4. The van der Waals surface area contributed by atoms with E-state index in [4.69, 9.17) is 13.9 Å². The molecule has 2 saturated heterocycles. The number of methoxy groups -OCH3 is 1. The second-order valence-electron chi connectivity index (χ2n) is 10.6. The molecule has 2 fully saturated rings. The Hall–Kier alpha value is -1.08. The summed E-state index contributed by atoms with van der Waals surface area (Å²) in [7, 11) is -0.599. The number of rotatable bonds is 4. The van der Waals surface area contributed by atoms with E-state index in [1.54, 1.807) is 4.90 Å². The Morgan fingerprint density at radius 2 is 1.52 bits per heavy atom. The Morgan fingerprint density at radius 1 is 1.00 bits per heavy atom. The molecule has 0 aliphatic carbocycles. The lowest BCUT2D eigenvalue weighted by atomic mass is 9.82. The average molecular weight is 400 g/mol. The molecule has 0 aromatic carbocycles. The van der Waals surface area contributed by atoms with Crippen molar-refractivity contribution in [1.29, 1.82) is 0 Å². The highest BCUT2D eigenvalue weighted by atomic mass is 28.4. The predicted octanol–water partition coefficient (Wildman–Crippen LogP) is 4.48. The molecule has 6 nitrogen and oxygen atoms in total. The zero-order valence-electron chi connectivity index (χ0n) is 18.5. The van der Waals surface area contributed by atoms with Gasteiger partial charge in [0, 0.05) is 0 Å². The van der Waals surface area contributed by atoms with Crippen molar-refractivity contribution < 1.29 is 23.5 Å². The third kappa shape index (κ3) is 3.90. The van der Waals surface area contributed by atoms with E-state index in [2.05, 4.69) is 33.9 Å². The third-order valence-corrected chi connectivity index (χ3v) is 11.0. The Labute approximate surface area is 165 Å². The topological polar surface area (TPSA) is 65.1 Å². The molecule has 0 saturated carbocycles. The van der Waals surface area contributed by atoms with Crippen LogP contribution in [0.1, 0.15) is 67.2 Å². The van der Waals surface area contributed by atoms with Gasteiger partial charge in [-0.05, 0) is 64.6 Å². The van der Waals surface area contributed by atoms with Gasteiger partial charge in [0.05, 0.1) is 19.3 Å². The molecule has 2 aliphatic rings. The van der Waals surface area contributed by atoms with Crippen LogP contribution in [0.3, 0.4) is 0 Å². The van der Waals surface area contributed by atoms with Crippen molar-refractivity contribution in [2.75, 3.05) is 13.7 Å². The van der Waals surface area contributed by atoms with Crippen molar-refractivity contribution in [2.45, 2.75) is 102 Å². The number of fused-ring (bicyclic) bond motifs is 2. The van der Waals surface area contributed by atoms with Crippen molar-refractivity contribution in [1.82, 2.24) is 4.90 Å². The third-order valence-electron chi connectivity index (χ3n) is 6.56. The van der Waals surface area contributed by atoms with Gasteiger partial charge < -0.3 is 13.9 Å². The summed E-state index contributed by atoms with van der Waals surface area (Å²) >= 11 is 0. The highest BCUT2D eigenvalue weighted by Crippen LogP contribution is 2.55. The molecule has 27 heavy (non-hydrogen) atoms. The maximum absolute atomic E-state index is 13.1. The first-order valence-electron chi connectivity index (χ1n) is 9.86. The highest BCUT2D eigenvalue weighted by molar-refractivity contribution is 6.74. The number of hydrogen-bond donors (Lipinski definition) is 0. The number of hydrogen-bond acceptors (Lipinski definition) is 5. The first-order chi connectivity index (χ1) is 12.1. The Balaban J connectivity index is 2.34. The van der Waals surface area contributed by atoms with Crippen LogP contribution >= 0.6 is 0 Å². The molecule has 1 amide bonds. The van der Waals surface area contributed by atoms with E-state index in [0.29, 0.717) is 19.4 Å². The number of ether oxygens (including phenoxy) is 2. The van der Waals surface area contributed by atoms with Gasteiger partial charge in [0.15, 0.2) is 8.32 Å². The van der Waals surface area contributed by atoms with Gasteiger partial charge in [0.25, 0.3) is 0 Å². The lowest BCUT2D eigenvalue weighted by Gasteiger charge is -2.42. The van der Waals surface area contributed by atoms with Gasteiger partial charge in [-0.15, -0.1) is 0 Å². The number of carbonyl (C=O) groups excluding carboxylic acids is 2. The van der Waals surface area contributed by atoms with E-state index in [0.717, 1.165) is 12.8 Å². The summed E-state index contributed by atoms with van der Waals surface area (Å²) < 4.78 is 17.3. The Kier molecular flexibility index (Phi) is 5.56. The smallest absolute Gasteiger partial charge is 0.411 e. The maximum Gasteiger partial charge on any atom is 0.411 e. The van der Waals surface area contributed by atoms with Crippen molar-refractivity contribution >= 4 is 20.4 Å².